The minimum Gasteiger partial charge on any atom is -0.310 e. The second-order valence-corrected chi connectivity index (χ2v) is 16.7. The van der Waals surface area contributed by atoms with Gasteiger partial charge in [0.25, 0.3) is 0 Å². The Morgan fingerprint density at radius 3 is 1.77 bits per heavy atom. The number of para-hydroxylation sites is 3. The molecule has 0 aliphatic rings. The van der Waals surface area contributed by atoms with Gasteiger partial charge in [0.2, 0.25) is 0 Å². The highest BCUT2D eigenvalue weighted by Gasteiger charge is 2.21. The van der Waals surface area contributed by atoms with E-state index in [0.29, 0.717) is 0 Å². The third-order valence-electron chi connectivity index (χ3n) is 12.2. The molecule has 0 saturated heterocycles. The Bertz CT molecular complexity index is 3550. The minimum absolute atomic E-state index is 1.09. The highest BCUT2D eigenvalue weighted by Crippen LogP contribution is 2.47. The Labute approximate surface area is 358 Å². The maximum absolute atomic E-state index is 2.44. The maximum atomic E-state index is 2.44. The molecule has 61 heavy (non-hydrogen) atoms. The summed E-state index contributed by atoms with van der Waals surface area (Å²) < 4.78 is 5.00. The van der Waals surface area contributed by atoms with Gasteiger partial charge in [-0.15, -0.1) is 11.3 Å². The van der Waals surface area contributed by atoms with Gasteiger partial charge in [-0.1, -0.05) is 170 Å². The highest BCUT2D eigenvalue weighted by atomic mass is 32.1. The van der Waals surface area contributed by atoms with E-state index in [1.54, 1.807) is 0 Å². The van der Waals surface area contributed by atoms with Gasteiger partial charge in [0.15, 0.2) is 0 Å². The van der Waals surface area contributed by atoms with Crippen LogP contribution in [0.25, 0.3) is 91.8 Å². The van der Waals surface area contributed by atoms with E-state index in [0.717, 1.165) is 22.7 Å². The summed E-state index contributed by atoms with van der Waals surface area (Å²) in [5.74, 6) is 0. The predicted molar refractivity (Wildman–Crippen MR) is 262 cm³/mol. The van der Waals surface area contributed by atoms with Crippen molar-refractivity contribution in [1.29, 1.82) is 0 Å². The van der Waals surface area contributed by atoms with Crippen molar-refractivity contribution < 1.29 is 0 Å². The van der Waals surface area contributed by atoms with E-state index in [1.165, 1.54) is 86.1 Å². The standard InChI is InChI=1S/C58H38N2S/c1-2-21-46-40(15-1)16-13-26-47(46)42-18-12-19-44(38-42)59(54-29-7-5-24-50(54)52-27-14-28-53-51-25-6-10-32-57(51)61-58(52)53)43-35-33-39(34-36-43)41-17-11-20-45(37-41)60-55-30-8-3-22-48(55)49-23-4-9-31-56(49)60/h1-38H. The molecule has 286 valence electrons. The zero-order valence-electron chi connectivity index (χ0n) is 33.2. The topological polar surface area (TPSA) is 8.17 Å². The Balaban J connectivity index is 1.01. The van der Waals surface area contributed by atoms with Gasteiger partial charge in [0.1, 0.15) is 0 Å². The molecule has 0 spiro atoms. The van der Waals surface area contributed by atoms with Crippen molar-refractivity contribution in [2.24, 2.45) is 0 Å². The summed E-state index contributed by atoms with van der Waals surface area (Å²) in [6.07, 6.45) is 0. The van der Waals surface area contributed by atoms with Crippen LogP contribution in [-0.2, 0) is 0 Å². The number of benzene rings is 10. The molecule has 12 rings (SSSR count). The van der Waals surface area contributed by atoms with Crippen LogP contribution in [-0.4, -0.2) is 4.57 Å². The molecule has 0 aliphatic carbocycles. The van der Waals surface area contributed by atoms with Crippen LogP contribution < -0.4 is 4.90 Å². The molecule has 0 radical (unpaired) electrons. The van der Waals surface area contributed by atoms with Crippen LogP contribution in [0.4, 0.5) is 17.1 Å². The fourth-order valence-electron chi connectivity index (χ4n) is 9.40. The van der Waals surface area contributed by atoms with Crippen LogP contribution >= 0.6 is 11.3 Å². The van der Waals surface area contributed by atoms with E-state index in [1.807, 2.05) is 11.3 Å². The number of hydrogen-bond donors (Lipinski definition) is 0. The zero-order chi connectivity index (χ0) is 40.3. The van der Waals surface area contributed by atoms with Crippen LogP contribution in [0.15, 0.2) is 231 Å². The Kier molecular flexibility index (Phi) is 8.39. The third-order valence-corrected chi connectivity index (χ3v) is 13.4. The van der Waals surface area contributed by atoms with Gasteiger partial charge in [-0.25, -0.2) is 0 Å². The second kappa shape index (κ2) is 14.5. The fourth-order valence-corrected chi connectivity index (χ4v) is 10.6. The quantitative estimate of drug-likeness (QED) is 0.156. The molecule has 0 saturated carbocycles. The van der Waals surface area contributed by atoms with Crippen molar-refractivity contribution in [1.82, 2.24) is 4.57 Å². The van der Waals surface area contributed by atoms with E-state index in [4.69, 9.17) is 0 Å². The van der Waals surface area contributed by atoms with Crippen molar-refractivity contribution in [2.75, 3.05) is 4.90 Å². The van der Waals surface area contributed by atoms with Crippen LogP contribution in [0.1, 0.15) is 0 Å². The van der Waals surface area contributed by atoms with Gasteiger partial charge in [0, 0.05) is 59.1 Å². The number of rotatable bonds is 7. The van der Waals surface area contributed by atoms with E-state index in [9.17, 15) is 0 Å². The van der Waals surface area contributed by atoms with Gasteiger partial charge in [0.05, 0.1) is 16.7 Å². The predicted octanol–water partition coefficient (Wildman–Crippen LogP) is 16.8. The summed E-state index contributed by atoms with van der Waals surface area (Å²) in [4.78, 5) is 2.44. The van der Waals surface area contributed by atoms with E-state index >= 15 is 0 Å². The van der Waals surface area contributed by atoms with Gasteiger partial charge in [-0.05, 0) is 93.7 Å². The smallest absolute Gasteiger partial charge is 0.0541 e. The summed E-state index contributed by atoms with van der Waals surface area (Å²) in [6.45, 7) is 0. The Morgan fingerprint density at radius 1 is 0.344 bits per heavy atom. The number of thiophene rings is 1. The number of hydrogen-bond acceptors (Lipinski definition) is 2. The summed E-state index contributed by atoms with van der Waals surface area (Å²) in [5, 5.41) is 7.62. The molecule has 0 N–H and O–H groups in total. The van der Waals surface area contributed by atoms with Crippen LogP contribution in [0, 0.1) is 0 Å². The van der Waals surface area contributed by atoms with Crippen LogP contribution in [0.2, 0.25) is 0 Å². The molecule has 2 nitrogen and oxygen atoms in total. The molecule has 0 aliphatic heterocycles. The van der Waals surface area contributed by atoms with Crippen molar-refractivity contribution in [3.8, 4) is 39.1 Å². The first-order chi connectivity index (χ1) is 30.3. The second-order valence-electron chi connectivity index (χ2n) is 15.7. The molecule has 12 aromatic rings. The summed E-state index contributed by atoms with van der Waals surface area (Å²) >= 11 is 1.88. The Morgan fingerprint density at radius 2 is 0.934 bits per heavy atom. The normalized spacial score (nSPS) is 11.6. The molecular weight excluding hydrogens is 757 g/mol. The molecule has 2 aromatic heterocycles. The van der Waals surface area contributed by atoms with Gasteiger partial charge in [-0.2, -0.15) is 0 Å². The lowest BCUT2D eigenvalue weighted by atomic mass is 9.97. The molecule has 0 amide bonds. The van der Waals surface area contributed by atoms with E-state index < -0.39 is 0 Å². The van der Waals surface area contributed by atoms with Crippen molar-refractivity contribution in [3.63, 3.8) is 0 Å². The first-order valence-corrected chi connectivity index (χ1v) is 21.7. The SMILES string of the molecule is c1cc(-c2cccc3ccccc23)cc(N(c2ccc(-c3cccc(-n4c5ccccc5c5ccccc54)c3)cc2)c2ccccc2-c2cccc3c2sc2ccccc23)c1. The molecule has 2 heterocycles. The van der Waals surface area contributed by atoms with Gasteiger partial charge in [-0.3, -0.25) is 0 Å². The first-order valence-electron chi connectivity index (χ1n) is 20.8. The number of fused-ring (bicyclic) bond motifs is 7. The minimum atomic E-state index is 1.09. The fraction of sp³-hybridized carbons (Fsp3) is 0. The lowest BCUT2D eigenvalue weighted by Gasteiger charge is -2.28. The van der Waals surface area contributed by atoms with Gasteiger partial charge >= 0.3 is 0 Å². The molecule has 10 aromatic carbocycles. The Hall–Kier alpha value is -7.72. The van der Waals surface area contributed by atoms with Crippen molar-refractivity contribution in [3.05, 3.63) is 231 Å². The monoisotopic (exact) mass is 794 g/mol. The summed E-state index contributed by atoms with van der Waals surface area (Å²) in [5.41, 5.74) is 14.1. The number of nitrogens with zero attached hydrogens (tertiary/aromatic N) is 2. The lowest BCUT2D eigenvalue weighted by Crippen LogP contribution is -2.11. The average molecular weight is 795 g/mol. The number of anilines is 3. The van der Waals surface area contributed by atoms with E-state index in [-0.39, 0.29) is 0 Å². The van der Waals surface area contributed by atoms with Crippen molar-refractivity contribution in [2.45, 2.75) is 0 Å². The molecule has 0 fully saturated rings. The summed E-state index contributed by atoms with van der Waals surface area (Å²) in [7, 11) is 0. The van der Waals surface area contributed by atoms with Crippen LogP contribution in [0.3, 0.4) is 0 Å². The van der Waals surface area contributed by atoms with E-state index in [2.05, 4.69) is 240 Å². The van der Waals surface area contributed by atoms with Gasteiger partial charge < -0.3 is 9.47 Å². The zero-order valence-corrected chi connectivity index (χ0v) is 34.1. The molecule has 3 heteroatoms. The van der Waals surface area contributed by atoms with Crippen LogP contribution in [0.5, 0.6) is 0 Å². The first kappa shape index (κ1) is 35.2. The molecule has 0 unspecified atom stereocenters. The molecule has 0 atom stereocenters. The molecular formula is C58H38N2S. The third kappa shape index (κ3) is 5.93. The van der Waals surface area contributed by atoms with Crippen molar-refractivity contribution >= 4 is 81.1 Å². The average Bonchev–Trinajstić information content (AvgIpc) is 3.88. The lowest BCUT2D eigenvalue weighted by molar-refractivity contribution is 1.18. The summed E-state index contributed by atoms with van der Waals surface area (Å²) in [6, 6.07) is 84.2. The largest absolute Gasteiger partial charge is 0.310 e. The molecule has 0 bridgehead atoms. The number of aromatic nitrogens is 1. The maximum Gasteiger partial charge on any atom is 0.0541 e. The highest BCUT2D eigenvalue weighted by molar-refractivity contribution is 7.26.